The van der Waals surface area contributed by atoms with Crippen LogP contribution in [-0.4, -0.2) is 24.9 Å². The number of methoxy groups -OCH3 is 1. The summed E-state index contributed by atoms with van der Waals surface area (Å²) in [6.07, 6.45) is -5.65. The van der Waals surface area contributed by atoms with Gasteiger partial charge in [-0.15, -0.1) is 0 Å². The number of halogens is 4. The van der Waals surface area contributed by atoms with E-state index in [1.807, 2.05) is 0 Å². The summed E-state index contributed by atoms with van der Waals surface area (Å²) in [4.78, 5) is 23.8. The maximum atomic E-state index is 12.8. The molecule has 0 unspecified atom stereocenters. The van der Waals surface area contributed by atoms with E-state index in [2.05, 4.69) is 5.32 Å². The molecule has 0 aliphatic carbocycles. The van der Waals surface area contributed by atoms with Gasteiger partial charge in [-0.1, -0.05) is 11.6 Å². The number of Topliss-reactive ketones (excluding diaryl/α,β-unsaturated/α-hetero) is 1. The first kappa shape index (κ1) is 21.6. The van der Waals surface area contributed by atoms with Crippen molar-refractivity contribution in [3.05, 3.63) is 52.5 Å². The number of hydrogen-bond donors (Lipinski definition) is 1. The Bertz CT molecular complexity index is 899. The standard InChI is InChI=1S/C19H17ClF3NO4/c1-10(25)12-4-7-16(17(8-12)27-3)28-11(2)18(26)24-15-9-13(19(21,22)23)5-6-14(15)20/h4-9,11H,1-3H3,(H,24,26)/t11-/m0/s1. The van der Waals surface area contributed by atoms with Crippen molar-refractivity contribution in [1.82, 2.24) is 0 Å². The molecule has 0 heterocycles. The number of carbonyl (C=O) groups excluding carboxylic acids is 2. The van der Waals surface area contributed by atoms with Gasteiger partial charge in [-0.25, -0.2) is 0 Å². The smallest absolute Gasteiger partial charge is 0.416 e. The van der Waals surface area contributed by atoms with Crippen LogP contribution >= 0.6 is 11.6 Å². The van der Waals surface area contributed by atoms with Gasteiger partial charge in [-0.3, -0.25) is 9.59 Å². The Morgan fingerprint density at radius 2 is 1.79 bits per heavy atom. The van der Waals surface area contributed by atoms with Gasteiger partial charge in [0.1, 0.15) is 0 Å². The zero-order valence-corrected chi connectivity index (χ0v) is 15.9. The summed E-state index contributed by atoms with van der Waals surface area (Å²) in [7, 11) is 1.37. The maximum Gasteiger partial charge on any atom is 0.416 e. The highest BCUT2D eigenvalue weighted by molar-refractivity contribution is 6.33. The topological polar surface area (TPSA) is 64.6 Å². The Labute approximate surface area is 164 Å². The van der Waals surface area contributed by atoms with Gasteiger partial charge in [-0.05, 0) is 50.2 Å². The quantitative estimate of drug-likeness (QED) is 0.676. The third-order valence-electron chi connectivity index (χ3n) is 3.79. The normalized spacial score (nSPS) is 12.2. The summed E-state index contributed by atoms with van der Waals surface area (Å²) in [5.41, 5.74) is -0.727. The third kappa shape index (κ3) is 5.16. The van der Waals surface area contributed by atoms with E-state index < -0.39 is 23.8 Å². The molecule has 0 radical (unpaired) electrons. The first-order valence-electron chi connectivity index (χ1n) is 8.06. The monoisotopic (exact) mass is 415 g/mol. The molecule has 1 N–H and O–H groups in total. The van der Waals surface area contributed by atoms with E-state index >= 15 is 0 Å². The van der Waals surface area contributed by atoms with Crippen molar-refractivity contribution >= 4 is 29.0 Å². The average Bonchev–Trinajstić information content (AvgIpc) is 2.62. The highest BCUT2D eigenvalue weighted by Crippen LogP contribution is 2.34. The molecule has 1 atom stereocenters. The second-order valence-corrected chi connectivity index (χ2v) is 6.27. The highest BCUT2D eigenvalue weighted by Gasteiger charge is 2.31. The summed E-state index contributed by atoms with van der Waals surface area (Å²) < 4.78 is 49.2. The number of amides is 1. The molecule has 2 aromatic rings. The van der Waals surface area contributed by atoms with Crippen LogP contribution in [0.15, 0.2) is 36.4 Å². The summed E-state index contributed by atoms with van der Waals surface area (Å²) in [5, 5.41) is 2.27. The van der Waals surface area contributed by atoms with Crippen LogP contribution < -0.4 is 14.8 Å². The van der Waals surface area contributed by atoms with Crippen LogP contribution in [0, 0.1) is 0 Å². The van der Waals surface area contributed by atoms with Crippen LogP contribution in [-0.2, 0) is 11.0 Å². The number of hydrogen-bond acceptors (Lipinski definition) is 4. The van der Waals surface area contributed by atoms with Gasteiger partial charge >= 0.3 is 6.18 Å². The molecule has 0 aliphatic rings. The average molecular weight is 416 g/mol. The molecule has 0 saturated heterocycles. The molecule has 0 aromatic heterocycles. The molecule has 1 amide bonds. The molecule has 2 rings (SSSR count). The largest absolute Gasteiger partial charge is 0.493 e. The van der Waals surface area contributed by atoms with Gasteiger partial charge < -0.3 is 14.8 Å². The molecular weight excluding hydrogens is 399 g/mol. The molecule has 0 bridgehead atoms. The number of ether oxygens (including phenoxy) is 2. The van der Waals surface area contributed by atoms with Crippen molar-refractivity contribution < 1.29 is 32.2 Å². The van der Waals surface area contributed by atoms with Crippen molar-refractivity contribution in [1.29, 1.82) is 0 Å². The van der Waals surface area contributed by atoms with E-state index in [0.29, 0.717) is 5.56 Å². The summed E-state index contributed by atoms with van der Waals surface area (Å²) in [5.74, 6) is -0.441. The fourth-order valence-corrected chi connectivity index (χ4v) is 2.42. The first-order valence-corrected chi connectivity index (χ1v) is 8.44. The van der Waals surface area contributed by atoms with Crippen molar-refractivity contribution in [2.45, 2.75) is 26.1 Å². The number of anilines is 1. The molecule has 0 saturated carbocycles. The number of benzene rings is 2. The lowest BCUT2D eigenvalue weighted by atomic mass is 10.1. The Morgan fingerprint density at radius 1 is 1.11 bits per heavy atom. The zero-order valence-electron chi connectivity index (χ0n) is 15.2. The molecule has 150 valence electrons. The predicted molar refractivity (Wildman–Crippen MR) is 98.2 cm³/mol. The number of carbonyl (C=O) groups is 2. The minimum absolute atomic E-state index is 0.0445. The minimum atomic E-state index is -4.57. The van der Waals surface area contributed by atoms with Crippen molar-refractivity contribution in [2.24, 2.45) is 0 Å². The van der Waals surface area contributed by atoms with Crippen molar-refractivity contribution in [2.75, 3.05) is 12.4 Å². The SMILES string of the molecule is COc1cc(C(C)=O)ccc1O[C@@H](C)C(=O)Nc1cc(C(F)(F)F)ccc1Cl. The first-order chi connectivity index (χ1) is 13.0. The molecule has 0 aliphatic heterocycles. The van der Waals surface area contributed by atoms with Gasteiger partial charge in [0.25, 0.3) is 5.91 Å². The van der Waals surface area contributed by atoms with Crippen LogP contribution in [0.1, 0.15) is 29.8 Å². The molecule has 0 spiro atoms. The number of alkyl halides is 3. The van der Waals surface area contributed by atoms with Gasteiger partial charge in [-0.2, -0.15) is 13.2 Å². The van der Waals surface area contributed by atoms with E-state index in [0.717, 1.165) is 18.2 Å². The summed E-state index contributed by atoms with van der Waals surface area (Å²) in [6, 6.07) is 7.06. The highest BCUT2D eigenvalue weighted by atomic mass is 35.5. The van der Waals surface area contributed by atoms with Crippen LogP contribution in [0.4, 0.5) is 18.9 Å². The lowest BCUT2D eigenvalue weighted by Crippen LogP contribution is -2.30. The number of nitrogens with one attached hydrogen (secondary N) is 1. The van der Waals surface area contributed by atoms with Crippen LogP contribution in [0.3, 0.4) is 0 Å². The van der Waals surface area contributed by atoms with Gasteiger partial charge in [0.05, 0.1) is 23.4 Å². The number of ketones is 1. The third-order valence-corrected chi connectivity index (χ3v) is 4.12. The molecule has 5 nitrogen and oxygen atoms in total. The Balaban J connectivity index is 2.17. The number of rotatable bonds is 6. The van der Waals surface area contributed by atoms with E-state index in [9.17, 15) is 22.8 Å². The summed E-state index contributed by atoms with van der Waals surface area (Å²) in [6.45, 7) is 2.80. The fourth-order valence-electron chi connectivity index (χ4n) is 2.26. The van der Waals surface area contributed by atoms with E-state index in [1.165, 1.54) is 39.2 Å². The van der Waals surface area contributed by atoms with Crippen molar-refractivity contribution in [3.63, 3.8) is 0 Å². The zero-order chi connectivity index (χ0) is 21.1. The Morgan fingerprint density at radius 3 is 2.36 bits per heavy atom. The van der Waals surface area contributed by atoms with Gasteiger partial charge in [0.15, 0.2) is 23.4 Å². The molecule has 2 aromatic carbocycles. The molecule has 28 heavy (non-hydrogen) atoms. The predicted octanol–water partition coefficient (Wildman–Crippen LogP) is 4.98. The second-order valence-electron chi connectivity index (χ2n) is 5.86. The fraction of sp³-hybridized carbons (Fsp3) is 0.263. The van der Waals surface area contributed by atoms with Gasteiger partial charge in [0, 0.05) is 5.56 Å². The van der Waals surface area contributed by atoms with E-state index in [1.54, 1.807) is 0 Å². The minimum Gasteiger partial charge on any atom is -0.493 e. The van der Waals surface area contributed by atoms with Crippen LogP contribution in [0.5, 0.6) is 11.5 Å². The maximum absolute atomic E-state index is 12.8. The van der Waals surface area contributed by atoms with Crippen molar-refractivity contribution in [3.8, 4) is 11.5 Å². The van der Waals surface area contributed by atoms with Gasteiger partial charge in [0.2, 0.25) is 0 Å². The van der Waals surface area contributed by atoms with Crippen LogP contribution in [0.25, 0.3) is 0 Å². The van der Waals surface area contributed by atoms with E-state index in [4.69, 9.17) is 21.1 Å². The molecule has 0 fully saturated rings. The molecular formula is C19H17ClF3NO4. The lowest BCUT2D eigenvalue weighted by molar-refractivity contribution is -0.137. The second kappa shape index (κ2) is 8.52. The van der Waals surface area contributed by atoms with Crippen LogP contribution in [0.2, 0.25) is 5.02 Å². The van der Waals surface area contributed by atoms with E-state index in [-0.39, 0.29) is 28.0 Å². The Hall–Kier alpha value is -2.74. The Kier molecular flexibility index (Phi) is 6.56. The molecule has 9 heteroatoms. The lowest BCUT2D eigenvalue weighted by Gasteiger charge is -2.18. The summed E-state index contributed by atoms with van der Waals surface area (Å²) >= 11 is 5.88.